The van der Waals surface area contributed by atoms with E-state index in [1.807, 2.05) is 0 Å². The van der Waals surface area contributed by atoms with Gasteiger partial charge in [0.2, 0.25) is 0 Å². The molecule has 13 atom stereocenters. The molecule has 176 valence electrons. The molecule has 8 rings (SSSR count). The zero-order chi connectivity index (χ0) is 21.7. The zero-order valence-electron chi connectivity index (χ0n) is 20.1. The van der Waals surface area contributed by atoms with E-state index in [0.717, 1.165) is 48.7 Å². The maximum atomic E-state index is 10.4. The van der Waals surface area contributed by atoms with Gasteiger partial charge in [-0.05, 0) is 98.7 Å². The Morgan fingerprint density at radius 2 is 2.06 bits per heavy atom. The number of rotatable bonds is 1. The van der Waals surface area contributed by atoms with E-state index in [-0.39, 0.29) is 11.7 Å². The van der Waals surface area contributed by atoms with Crippen LogP contribution in [0.15, 0.2) is 11.6 Å². The summed E-state index contributed by atoms with van der Waals surface area (Å²) in [7, 11) is 3.02. The number of hydrogen-bond donors (Lipinski definition) is 1. The zero-order valence-corrected chi connectivity index (χ0v) is 21.2. The van der Waals surface area contributed by atoms with Gasteiger partial charge in [-0.25, -0.2) is 0 Å². The molecule has 3 nitrogen and oxygen atoms in total. The number of ether oxygens (including phenoxy) is 1. The van der Waals surface area contributed by atoms with E-state index in [1.165, 1.54) is 57.9 Å². The first-order valence-electron chi connectivity index (χ1n) is 13.9. The van der Waals surface area contributed by atoms with E-state index in [2.05, 4.69) is 34.1 Å². The lowest BCUT2D eigenvalue weighted by Crippen LogP contribution is -2.64. The lowest BCUT2D eigenvalue weighted by molar-refractivity contribution is -0.211. The Balaban J connectivity index is 1.13. The molecule has 0 aromatic rings. The van der Waals surface area contributed by atoms with Crippen LogP contribution in [-0.2, 0) is 4.74 Å². The van der Waals surface area contributed by atoms with Crippen molar-refractivity contribution in [3.05, 3.63) is 11.6 Å². The van der Waals surface area contributed by atoms with Crippen molar-refractivity contribution in [2.75, 3.05) is 12.8 Å². The minimum Gasteiger partial charge on any atom is -0.393 e. The van der Waals surface area contributed by atoms with Gasteiger partial charge in [0.05, 0.1) is 17.8 Å². The molecule has 7 fully saturated rings. The minimum atomic E-state index is -0.0899. The number of fused-ring (bicyclic) bond motifs is 6. The monoisotopic (exact) mass is 455 g/mol. The Kier molecular flexibility index (Phi) is 3.83. The third kappa shape index (κ3) is 2.02. The highest BCUT2D eigenvalue weighted by Gasteiger charge is 2.91. The van der Waals surface area contributed by atoms with Crippen molar-refractivity contribution in [3.8, 4) is 0 Å². The fourth-order valence-electron chi connectivity index (χ4n) is 12.1. The predicted octanol–water partition coefficient (Wildman–Crippen LogP) is 4.99. The van der Waals surface area contributed by atoms with Crippen LogP contribution in [0.1, 0.15) is 78.1 Å². The number of hydrogen-bond acceptors (Lipinski definition) is 3. The van der Waals surface area contributed by atoms with E-state index in [4.69, 9.17) is 4.74 Å². The molecule has 0 aromatic carbocycles. The van der Waals surface area contributed by atoms with E-state index in [9.17, 15) is 5.11 Å². The van der Waals surface area contributed by atoms with Crippen LogP contribution in [0.3, 0.4) is 0 Å². The van der Waals surface area contributed by atoms with Gasteiger partial charge in [-0.2, -0.15) is 0 Å². The molecule has 3 unspecified atom stereocenters. The maximum absolute atomic E-state index is 10.4. The second-order valence-corrected chi connectivity index (χ2v) is 14.3. The molecule has 4 heteroatoms. The first kappa shape index (κ1) is 20.3. The quantitative estimate of drug-likeness (QED) is 0.447. The van der Waals surface area contributed by atoms with E-state index < -0.39 is 0 Å². The molecule has 2 heterocycles. The highest BCUT2D eigenvalue weighted by Crippen LogP contribution is 2.93. The Bertz CT molecular complexity index is 906. The number of allylic oxidation sites excluding steroid dienone is 1. The molecule has 32 heavy (non-hydrogen) atoms. The molecular formula is C28H42NO2P. The molecule has 0 aromatic heterocycles. The topological polar surface area (TPSA) is 32.7 Å². The smallest absolute Gasteiger partial charge is 0.0793 e. The molecule has 1 N–H and O–H groups in total. The van der Waals surface area contributed by atoms with E-state index >= 15 is 0 Å². The summed E-state index contributed by atoms with van der Waals surface area (Å²) in [4.78, 5) is 2.77. The van der Waals surface area contributed by atoms with E-state index in [1.54, 1.807) is 5.57 Å². The summed E-state index contributed by atoms with van der Waals surface area (Å²) in [6.45, 7) is 6.29. The minimum absolute atomic E-state index is 0.0899. The van der Waals surface area contributed by atoms with Gasteiger partial charge in [-0.15, -0.1) is 9.24 Å². The second-order valence-electron chi connectivity index (χ2n) is 14.0. The number of nitrogens with zero attached hydrogens (tertiary/aromatic N) is 1. The molecule has 0 bridgehead atoms. The van der Waals surface area contributed by atoms with Crippen LogP contribution in [0.4, 0.5) is 0 Å². The molecule has 0 radical (unpaired) electrons. The SMILES string of the molecule is C[C@H]1C[C@H]2O[C@@]34CC[C@H]5[C@@H]6CC=C7C[C@@H](O)CC[C@]7(C)[C@H]6CC56CC63C[C@@H]4[C@@H]2N(CP)C1. The van der Waals surface area contributed by atoms with Crippen LogP contribution < -0.4 is 0 Å². The van der Waals surface area contributed by atoms with Crippen molar-refractivity contribution in [1.82, 2.24) is 4.90 Å². The number of likely N-dealkylation sites (tertiary alicyclic amines) is 1. The first-order valence-corrected chi connectivity index (χ1v) is 14.7. The fraction of sp³-hybridized carbons (Fsp3) is 0.929. The Morgan fingerprint density at radius 3 is 2.91 bits per heavy atom. The van der Waals surface area contributed by atoms with Gasteiger partial charge in [0, 0.05) is 30.2 Å². The summed E-state index contributed by atoms with van der Waals surface area (Å²) in [6.07, 6.45) is 17.1. The van der Waals surface area contributed by atoms with Crippen LogP contribution in [0.5, 0.6) is 0 Å². The highest BCUT2D eigenvalue weighted by atomic mass is 31.0. The number of aliphatic hydroxyl groups excluding tert-OH is 1. The average molecular weight is 456 g/mol. The predicted molar refractivity (Wildman–Crippen MR) is 129 cm³/mol. The van der Waals surface area contributed by atoms with Crippen LogP contribution in [-0.4, -0.2) is 46.7 Å². The standard InChI is InChI=1S/C28H42NO2P/c1-16-9-23-24(29(13-16)15-32)22-12-27-14-26(27)11-21-19(20(26)6-8-28(22,27)31-23)4-3-17-10-18(30)5-7-25(17,21)2/h3,16,18-24,30H,4-15,32H2,1-2H3/t16-,18-,19-,20-,21-,22+,23+,24-,25-,26?,27?,28+/m0/s1. The molecular weight excluding hydrogens is 413 g/mol. The van der Waals surface area contributed by atoms with Gasteiger partial charge >= 0.3 is 0 Å². The lowest BCUT2D eigenvalue weighted by atomic mass is 9.47. The molecule has 3 spiro atoms. The summed E-state index contributed by atoms with van der Waals surface area (Å²) in [5, 5.41) is 10.4. The summed E-state index contributed by atoms with van der Waals surface area (Å²) < 4.78 is 7.31. The summed E-state index contributed by atoms with van der Waals surface area (Å²) in [5.74, 6) is 4.29. The molecule has 2 saturated heterocycles. The van der Waals surface area contributed by atoms with Crippen LogP contribution in [0.2, 0.25) is 0 Å². The van der Waals surface area contributed by atoms with Crippen molar-refractivity contribution in [2.24, 2.45) is 45.8 Å². The van der Waals surface area contributed by atoms with E-state index in [0.29, 0.717) is 28.4 Å². The lowest BCUT2D eigenvalue weighted by Gasteiger charge is -2.60. The van der Waals surface area contributed by atoms with Crippen molar-refractivity contribution in [1.29, 1.82) is 0 Å². The average Bonchev–Trinajstić information content (AvgIpc) is 3.25. The van der Waals surface area contributed by atoms with Gasteiger partial charge in [0.15, 0.2) is 0 Å². The van der Waals surface area contributed by atoms with Crippen LogP contribution >= 0.6 is 9.24 Å². The van der Waals surface area contributed by atoms with Crippen molar-refractivity contribution >= 4 is 9.24 Å². The largest absolute Gasteiger partial charge is 0.393 e. The summed E-state index contributed by atoms with van der Waals surface area (Å²) >= 11 is 0. The van der Waals surface area contributed by atoms with Crippen molar-refractivity contribution in [3.63, 3.8) is 0 Å². The molecule has 8 aliphatic rings. The fourth-order valence-corrected chi connectivity index (χ4v) is 12.5. The highest BCUT2D eigenvalue weighted by molar-refractivity contribution is 7.16. The second kappa shape index (κ2) is 6.05. The van der Waals surface area contributed by atoms with Crippen molar-refractivity contribution < 1.29 is 9.84 Å². The molecule has 0 amide bonds. The Labute approximate surface area is 196 Å². The molecule has 5 saturated carbocycles. The van der Waals surface area contributed by atoms with Gasteiger partial charge in [0.25, 0.3) is 0 Å². The van der Waals surface area contributed by atoms with Gasteiger partial charge in [-0.3, -0.25) is 4.90 Å². The molecule has 6 aliphatic carbocycles. The van der Waals surface area contributed by atoms with Crippen LogP contribution in [0, 0.1) is 45.8 Å². The Morgan fingerprint density at radius 1 is 1.19 bits per heavy atom. The molecule has 2 aliphatic heterocycles. The summed E-state index contributed by atoms with van der Waals surface area (Å²) in [5.41, 5.74) is 3.35. The van der Waals surface area contributed by atoms with Crippen molar-refractivity contribution in [2.45, 2.75) is 102 Å². The van der Waals surface area contributed by atoms with Gasteiger partial charge in [0.1, 0.15) is 0 Å². The third-order valence-corrected chi connectivity index (χ3v) is 13.7. The Hall–Kier alpha value is 0.0500. The summed E-state index contributed by atoms with van der Waals surface area (Å²) in [6, 6.07) is 0.692. The van der Waals surface area contributed by atoms with Gasteiger partial charge in [-0.1, -0.05) is 25.5 Å². The third-order valence-electron chi connectivity index (χ3n) is 13.2. The van der Waals surface area contributed by atoms with Gasteiger partial charge < -0.3 is 9.84 Å². The number of aliphatic hydroxyl groups is 1. The maximum Gasteiger partial charge on any atom is 0.0793 e. The number of piperidine rings is 1. The van der Waals surface area contributed by atoms with Crippen LogP contribution in [0.25, 0.3) is 0 Å². The normalized spacial score (nSPS) is 64.1. The first-order chi connectivity index (χ1) is 15.4.